The number of nitro groups is 1. The maximum absolute atomic E-state index is 11.0. The van der Waals surface area contributed by atoms with Gasteiger partial charge >= 0.3 is 5.69 Å². The Morgan fingerprint density at radius 1 is 1.20 bits per heavy atom. The van der Waals surface area contributed by atoms with E-state index in [0.717, 1.165) is 0 Å². The van der Waals surface area contributed by atoms with E-state index >= 15 is 0 Å². The van der Waals surface area contributed by atoms with Crippen LogP contribution < -0.4 is 16.6 Å². The molecule has 9 heteroatoms. The Balaban J connectivity index is 2.49. The number of hydrogen-bond donors (Lipinski definition) is 3. The van der Waals surface area contributed by atoms with Crippen LogP contribution in [-0.2, 0) is 0 Å². The largest absolute Gasteiger partial charge is 0.332 e. The molecule has 0 saturated heterocycles. The molecule has 0 spiro atoms. The number of para-hydroxylation sites is 1. The molecule has 0 fully saturated rings. The van der Waals surface area contributed by atoms with Crippen molar-refractivity contribution in [2.75, 3.05) is 10.7 Å². The number of nitrogens with zero attached hydrogens (tertiary/aromatic N) is 2. The monoisotopic (exact) mass is 313 g/mol. The number of nitrogen functional groups attached to an aromatic ring is 1. The minimum Gasteiger partial charge on any atom is -0.332 e. The van der Waals surface area contributed by atoms with Gasteiger partial charge in [0, 0.05) is 6.07 Å². The number of hydrogen-bond acceptors (Lipinski definition) is 6. The van der Waals surface area contributed by atoms with Crippen LogP contribution in [0.5, 0.6) is 0 Å². The molecule has 20 heavy (non-hydrogen) atoms. The lowest BCUT2D eigenvalue weighted by Crippen LogP contribution is -2.10. The van der Waals surface area contributed by atoms with Gasteiger partial charge in [0.05, 0.1) is 20.7 Å². The van der Waals surface area contributed by atoms with E-state index in [1.54, 1.807) is 18.2 Å². The Bertz CT molecular complexity index is 645. The van der Waals surface area contributed by atoms with Crippen molar-refractivity contribution >= 4 is 46.2 Å². The number of anilines is 3. The molecule has 0 aliphatic rings. The fourth-order valence-electron chi connectivity index (χ4n) is 1.51. The van der Waals surface area contributed by atoms with Gasteiger partial charge in [-0.15, -0.1) is 0 Å². The molecule has 1 aromatic carbocycles. The van der Waals surface area contributed by atoms with Gasteiger partial charge in [-0.05, 0) is 18.2 Å². The first-order valence-corrected chi connectivity index (χ1v) is 6.11. The highest BCUT2D eigenvalue weighted by Gasteiger charge is 2.18. The highest BCUT2D eigenvalue weighted by molar-refractivity contribution is 6.39. The molecule has 0 radical (unpaired) electrons. The highest BCUT2D eigenvalue weighted by atomic mass is 35.5. The molecule has 0 atom stereocenters. The Hall–Kier alpha value is -2.09. The van der Waals surface area contributed by atoms with Crippen LogP contribution in [0.2, 0.25) is 10.0 Å². The van der Waals surface area contributed by atoms with Crippen LogP contribution in [0.3, 0.4) is 0 Å². The third-order valence-electron chi connectivity index (χ3n) is 2.42. The van der Waals surface area contributed by atoms with Gasteiger partial charge in [0.1, 0.15) is 5.82 Å². The minimum absolute atomic E-state index is 0.0135. The molecule has 7 nitrogen and oxygen atoms in total. The number of rotatable bonds is 4. The number of halogens is 2. The third kappa shape index (κ3) is 2.90. The number of benzene rings is 1. The van der Waals surface area contributed by atoms with E-state index in [4.69, 9.17) is 29.0 Å². The first kappa shape index (κ1) is 14.3. The minimum atomic E-state index is -0.569. The van der Waals surface area contributed by atoms with Gasteiger partial charge in [-0.1, -0.05) is 29.3 Å². The van der Waals surface area contributed by atoms with E-state index in [9.17, 15) is 10.1 Å². The molecular formula is C11H9Cl2N5O2. The summed E-state index contributed by atoms with van der Waals surface area (Å²) in [4.78, 5) is 14.4. The maximum atomic E-state index is 11.0. The summed E-state index contributed by atoms with van der Waals surface area (Å²) in [5.41, 5.74) is 2.42. The van der Waals surface area contributed by atoms with Crippen molar-refractivity contribution in [2.24, 2.45) is 5.84 Å². The van der Waals surface area contributed by atoms with Crippen LogP contribution in [0.1, 0.15) is 0 Å². The second kappa shape index (κ2) is 5.91. The van der Waals surface area contributed by atoms with Crippen LogP contribution in [-0.4, -0.2) is 9.91 Å². The zero-order valence-electron chi connectivity index (χ0n) is 9.93. The van der Waals surface area contributed by atoms with Gasteiger partial charge in [0.15, 0.2) is 0 Å². The van der Waals surface area contributed by atoms with Crippen molar-refractivity contribution < 1.29 is 4.92 Å². The van der Waals surface area contributed by atoms with Crippen molar-refractivity contribution in [3.8, 4) is 0 Å². The molecule has 0 bridgehead atoms. The third-order valence-corrected chi connectivity index (χ3v) is 3.05. The zero-order chi connectivity index (χ0) is 14.7. The Morgan fingerprint density at radius 3 is 2.40 bits per heavy atom. The molecule has 0 aliphatic heterocycles. The van der Waals surface area contributed by atoms with E-state index in [0.29, 0.717) is 15.7 Å². The fourth-order valence-corrected chi connectivity index (χ4v) is 2.00. The number of pyridine rings is 1. The quantitative estimate of drug-likeness (QED) is 0.454. The summed E-state index contributed by atoms with van der Waals surface area (Å²) in [6.07, 6.45) is 0. The summed E-state index contributed by atoms with van der Waals surface area (Å²) in [6, 6.07) is 7.53. The van der Waals surface area contributed by atoms with Crippen molar-refractivity contribution in [3.05, 3.63) is 50.5 Å². The van der Waals surface area contributed by atoms with Gasteiger partial charge in [0.25, 0.3) is 0 Å². The lowest BCUT2D eigenvalue weighted by atomic mass is 10.3. The van der Waals surface area contributed by atoms with Crippen molar-refractivity contribution in [3.63, 3.8) is 0 Å². The number of aromatic nitrogens is 1. The maximum Gasteiger partial charge on any atom is 0.311 e. The van der Waals surface area contributed by atoms with Gasteiger partial charge < -0.3 is 10.7 Å². The van der Waals surface area contributed by atoms with E-state index in [2.05, 4.69) is 15.7 Å². The fraction of sp³-hybridized carbons (Fsp3) is 0. The summed E-state index contributed by atoms with van der Waals surface area (Å²) < 4.78 is 0. The predicted octanol–water partition coefficient (Wildman–Crippen LogP) is 3.33. The lowest BCUT2D eigenvalue weighted by molar-refractivity contribution is -0.384. The van der Waals surface area contributed by atoms with Crippen LogP contribution in [0.15, 0.2) is 30.3 Å². The van der Waals surface area contributed by atoms with Crippen molar-refractivity contribution in [1.29, 1.82) is 0 Å². The van der Waals surface area contributed by atoms with Crippen LogP contribution in [0, 0.1) is 10.1 Å². The van der Waals surface area contributed by atoms with Crippen molar-refractivity contribution in [1.82, 2.24) is 4.98 Å². The van der Waals surface area contributed by atoms with E-state index < -0.39 is 4.92 Å². The number of hydrazine groups is 1. The molecule has 0 saturated carbocycles. The van der Waals surface area contributed by atoms with Gasteiger partial charge in [-0.2, -0.15) is 0 Å². The molecule has 4 N–H and O–H groups in total. The molecule has 2 rings (SSSR count). The normalized spacial score (nSPS) is 10.2. The van der Waals surface area contributed by atoms with Gasteiger partial charge in [-0.25, -0.2) is 10.8 Å². The topological polar surface area (TPSA) is 106 Å². The molecule has 1 aromatic heterocycles. The zero-order valence-corrected chi connectivity index (χ0v) is 11.4. The summed E-state index contributed by atoms with van der Waals surface area (Å²) in [5, 5.41) is 14.4. The molecule has 0 aliphatic carbocycles. The summed E-state index contributed by atoms with van der Waals surface area (Å²) in [5.74, 6) is 5.49. The van der Waals surface area contributed by atoms with E-state index in [-0.39, 0.29) is 17.3 Å². The molecule has 0 amide bonds. The van der Waals surface area contributed by atoms with Gasteiger partial charge in [0.2, 0.25) is 5.82 Å². The number of nitrogens with two attached hydrogens (primary N) is 1. The summed E-state index contributed by atoms with van der Waals surface area (Å²) in [7, 11) is 0. The van der Waals surface area contributed by atoms with Gasteiger partial charge in [-0.3, -0.25) is 10.1 Å². The van der Waals surface area contributed by atoms with Crippen LogP contribution in [0.4, 0.5) is 23.0 Å². The first-order chi connectivity index (χ1) is 9.52. The van der Waals surface area contributed by atoms with E-state index in [1.165, 1.54) is 12.1 Å². The SMILES string of the molecule is NNc1ccc([N+](=O)[O-])c(Nc2c(Cl)cccc2Cl)n1. The lowest BCUT2D eigenvalue weighted by Gasteiger charge is -2.10. The molecule has 1 heterocycles. The summed E-state index contributed by atoms with van der Waals surface area (Å²) in [6.45, 7) is 0. The second-order valence-electron chi connectivity index (χ2n) is 3.69. The molecule has 2 aromatic rings. The molecular weight excluding hydrogens is 305 g/mol. The highest BCUT2D eigenvalue weighted by Crippen LogP contribution is 2.35. The van der Waals surface area contributed by atoms with Crippen LogP contribution >= 0.6 is 23.2 Å². The standard InChI is InChI=1S/C11H9Cl2N5O2/c12-6-2-1-3-7(13)10(6)16-11-8(18(19)20)4-5-9(15-11)17-14/h1-5H,14H2,(H2,15,16,17). The Kier molecular flexibility index (Phi) is 4.23. The smallest absolute Gasteiger partial charge is 0.311 e. The average molecular weight is 314 g/mol. The number of nitrogens with one attached hydrogen (secondary N) is 2. The average Bonchev–Trinajstić information content (AvgIpc) is 2.42. The van der Waals surface area contributed by atoms with Crippen LogP contribution in [0.25, 0.3) is 0 Å². The summed E-state index contributed by atoms with van der Waals surface area (Å²) >= 11 is 12.0. The molecule has 104 valence electrons. The first-order valence-electron chi connectivity index (χ1n) is 5.36. The second-order valence-corrected chi connectivity index (χ2v) is 4.50. The van der Waals surface area contributed by atoms with E-state index in [1.807, 2.05) is 0 Å². The molecule has 0 unspecified atom stereocenters. The Morgan fingerprint density at radius 2 is 1.85 bits per heavy atom. The predicted molar refractivity (Wildman–Crippen MR) is 78.4 cm³/mol. The Labute approximate surface area is 123 Å². The van der Waals surface area contributed by atoms with Crippen molar-refractivity contribution in [2.45, 2.75) is 0 Å².